The highest BCUT2D eigenvalue weighted by Crippen LogP contribution is 2.41. The molecule has 0 spiro atoms. The summed E-state index contributed by atoms with van der Waals surface area (Å²) in [5.74, 6) is 3.22. The Kier molecular flexibility index (Phi) is 10.1. The maximum absolute atomic E-state index is 11.1. The van der Waals surface area contributed by atoms with Crippen molar-refractivity contribution in [3.63, 3.8) is 0 Å². The fraction of sp³-hybridized carbons (Fsp3) is 0.321. The highest BCUT2D eigenvalue weighted by molar-refractivity contribution is 7.97. The lowest BCUT2D eigenvalue weighted by molar-refractivity contribution is -0.108. The molecule has 6 nitrogen and oxygen atoms in total. The van der Waals surface area contributed by atoms with Crippen molar-refractivity contribution in [2.24, 2.45) is 0 Å². The minimum absolute atomic E-state index is 0.0425. The van der Waals surface area contributed by atoms with Gasteiger partial charge in [-0.25, -0.2) is 4.98 Å². The van der Waals surface area contributed by atoms with Crippen molar-refractivity contribution in [1.82, 2.24) is 9.71 Å². The van der Waals surface area contributed by atoms with Crippen molar-refractivity contribution in [2.75, 3.05) is 12.8 Å². The molecule has 2 aromatic carbocycles. The number of nitriles is 1. The average Bonchev–Trinajstić information content (AvgIpc) is 3.32. The van der Waals surface area contributed by atoms with Crippen LogP contribution < -0.4 is 14.2 Å². The first-order valence-electron chi connectivity index (χ1n) is 11.9. The summed E-state index contributed by atoms with van der Waals surface area (Å²) in [6.45, 7) is 4.00. The zero-order chi connectivity index (χ0) is 25.0. The largest absolute Gasteiger partial charge is 0.486 e. The predicted molar refractivity (Wildman–Crippen MR) is 140 cm³/mol. The number of aldehydes is 1. The van der Waals surface area contributed by atoms with Crippen LogP contribution in [0.3, 0.4) is 0 Å². The molecule has 0 saturated carbocycles. The number of ether oxygens (including phenoxy) is 2. The van der Waals surface area contributed by atoms with Gasteiger partial charge in [-0.3, -0.25) is 4.72 Å². The first kappa shape index (κ1) is 26.3. The molecule has 0 radical (unpaired) electrons. The van der Waals surface area contributed by atoms with E-state index in [-0.39, 0.29) is 12.0 Å². The van der Waals surface area contributed by atoms with Crippen LogP contribution in [0.4, 0.5) is 0 Å². The van der Waals surface area contributed by atoms with Crippen LogP contribution in [0.25, 0.3) is 0 Å². The van der Waals surface area contributed by atoms with Crippen molar-refractivity contribution in [2.45, 2.75) is 45.1 Å². The highest BCUT2D eigenvalue weighted by atomic mass is 32.2. The summed E-state index contributed by atoms with van der Waals surface area (Å²) in [7, 11) is 1.89. The zero-order valence-electron chi connectivity index (χ0n) is 20.4. The molecule has 0 aliphatic heterocycles. The van der Waals surface area contributed by atoms with Crippen molar-refractivity contribution >= 4 is 18.2 Å². The van der Waals surface area contributed by atoms with E-state index in [1.54, 1.807) is 30.3 Å². The van der Waals surface area contributed by atoms with Gasteiger partial charge in [0.25, 0.3) is 0 Å². The molecule has 35 heavy (non-hydrogen) atoms. The van der Waals surface area contributed by atoms with Gasteiger partial charge in [0.15, 0.2) is 0 Å². The second kappa shape index (κ2) is 13.5. The van der Waals surface area contributed by atoms with E-state index >= 15 is 0 Å². The summed E-state index contributed by atoms with van der Waals surface area (Å²) in [4.78, 5) is 15.1. The zero-order valence-corrected chi connectivity index (χ0v) is 21.2. The fourth-order valence-electron chi connectivity index (χ4n) is 4.02. The summed E-state index contributed by atoms with van der Waals surface area (Å²) in [5.41, 5.74) is 3.76. The number of carbonyl (C=O) groups excluding carboxylic acids is 1. The molecule has 1 heterocycles. The number of rotatable bonds is 10. The summed E-state index contributed by atoms with van der Waals surface area (Å²) in [5, 5.41) is 8.91. The molecule has 4 rings (SSSR count). The molecule has 1 N–H and O–H groups in total. The first-order chi connectivity index (χ1) is 17.2. The Morgan fingerprint density at radius 3 is 2.60 bits per heavy atom. The van der Waals surface area contributed by atoms with Crippen molar-refractivity contribution in [1.29, 1.82) is 5.26 Å². The lowest BCUT2D eigenvalue weighted by atomic mass is 9.98. The molecule has 1 aliphatic carbocycles. The SMILES string of the molecule is CC.CNSCC(CC=O)c1ccc(OC2CCc3c(Oc4ccc(C#N)nc4)cccc32)cc1. The van der Waals surface area contributed by atoms with Gasteiger partial charge in [-0.15, -0.1) is 0 Å². The van der Waals surface area contributed by atoms with Crippen LogP contribution in [0.1, 0.15) is 61.1 Å². The lowest BCUT2D eigenvalue weighted by Gasteiger charge is -2.18. The minimum Gasteiger partial charge on any atom is -0.486 e. The van der Waals surface area contributed by atoms with Crippen LogP contribution in [0.15, 0.2) is 60.8 Å². The molecular weight excluding hydrogens is 458 g/mol. The number of carbonyl (C=O) groups is 1. The number of fused-ring (bicyclic) bond motifs is 1. The van der Waals surface area contributed by atoms with Gasteiger partial charge in [-0.05, 0) is 61.3 Å². The van der Waals surface area contributed by atoms with Crippen LogP contribution in [0.5, 0.6) is 17.2 Å². The van der Waals surface area contributed by atoms with Gasteiger partial charge in [0.1, 0.15) is 41.4 Å². The van der Waals surface area contributed by atoms with Gasteiger partial charge >= 0.3 is 0 Å². The van der Waals surface area contributed by atoms with Gasteiger partial charge in [0.05, 0.1) is 6.20 Å². The summed E-state index contributed by atoms with van der Waals surface area (Å²) in [6.07, 6.45) is 4.74. The molecular formula is C28H31N3O3S. The van der Waals surface area contributed by atoms with E-state index in [0.717, 1.165) is 53.1 Å². The van der Waals surface area contributed by atoms with Crippen molar-refractivity contribution in [3.8, 4) is 23.3 Å². The van der Waals surface area contributed by atoms with Crippen LogP contribution in [-0.4, -0.2) is 24.1 Å². The number of hydrogen-bond donors (Lipinski definition) is 1. The van der Waals surface area contributed by atoms with Gasteiger partial charge in [-0.2, -0.15) is 5.26 Å². The fourth-order valence-corrected chi connectivity index (χ4v) is 4.71. The number of benzene rings is 2. The van der Waals surface area contributed by atoms with E-state index in [9.17, 15) is 4.79 Å². The topological polar surface area (TPSA) is 84.2 Å². The maximum atomic E-state index is 11.1. The Hall–Kier alpha value is -3.34. The molecule has 0 bridgehead atoms. The third kappa shape index (κ3) is 6.84. The van der Waals surface area contributed by atoms with Crippen molar-refractivity contribution in [3.05, 3.63) is 83.2 Å². The molecule has 182 valence electrons. The van der Waals surface area contributed by atoms with Crippen LogP contribution in [0, 0.1) is 11.3 Å². The molecule has 0 saturated heterocycles. The first-order valence-corrected chi connectivity index (χ1v) is 12.8. The van der Waals surface area contributed by atoms with Crippen molar-refractivity contribution < 1.29 is 14.3 Å². The number of pyridine rings is 1. The van der Waals surface area contributed by atoms with E-state index in [1.165, 1.54) is 0 Å². The Bertz CT molecular complexity index is 1130. The summed E-state index contributed by atoms with van der Waals surface area (Å²) >= 11 is 1.61. The second-order valence-corrected chi connectivity index (χ2v) is 8.78. The number of aromatic nitrogens is 1. The third-order valence-electron chi connectivity index (χ3n) is 5.69. The Balaban J connectivity index is 0.00000167. The van der Waals surface area contributed by atoms with E-state index < -0.39 is 0 Å². The Morgan fingerprint density at radius 2 is 1.94 bits per heavy atom. The minimum atomic E-state index is -0.0425. The van der Waals surface area contributed by atoms with E-state index in [4.69, 9.17) is 14.7 Å². The molecule has 2 unspecified atom stereocenters. The van der Waals surface area contributed by atoms with Crippen LogP contribution in [-0.2, 0) is 11.2 Å². The van der Waals surface area contributed by atoms with Gasteiger partial charge in [0.2, 0.25) is 0 Å². The van der Waals surface area contributed by atoms with Gasteiger partial charge in [-0.1, -0.05) is 50.1 Å². The van der Waals surface area contributed by atoms with E-state index in [0.29, 0.717) is 17.9 Å². The quantitative estimate of drug-likeness (QED) is 0.261. The Labute approximate surface area is 211 Å². The molecule has 0 amide bonds. The number of hydrogen-bond acceptors (Lipinski definition) is 7. The highest BCUT2D eigenvalue weighted by Gasteiger charge is 2.27. The number of nitrogens with one attached hydrogen (secondary N) is 1. The second-order valence-electron chi connectivity index (χ2n) is 7.75. The molecule has 2 atom stereocenters. The monoisotopic (exact) mass is 489 g/mol. The summed E-state index contributed by atoms with van der Waals surface area (Å²) in [6, 6.07) is 19.5. The lowest BCUT2D eigenvalue weighted by Crippen LogP contribution is -2.07. The van der Waals surface area contributed by atoms with Gasteiger partial charge in [0, 0.05) is 23.7 Å². The van der Waals surface area contributed by atoms with Gasteiger partial charge < -0.3 is 14.3 Å². The molecule has 1 aliphatic rings. The predicted octanol–water partition coefficient (Wildman–Crippen LogP) is 6.38. The summed E-state index contributed by atoms with van der Waals surface area (Å²) < 4.78 is 15.4. The Morgan fingerprint density at radius 1 is 1.17 bits per heavy atom. The van der Waals surface area contributed by atoms with Crippen LogP contribution >= 0.6 is 11.9 Å². The number of nitrogens with zero attached hydrogens (tertiary/aromatic N) is 2. The molecule has 3 aromatic rings. The molecule has 7 heteroatoms. The maximum Gasteiger partial charge on any atom is 0.145 e. The normalized spacial score (nSPS) is 14.6. The third-order valence-corrected chi connectivity index (χ3v) is 6.55. The van der Waals surface area contributed by atoms with Crippen LogP contribution in [0.2, 0.25) is 0 Å². The standard InChI is InChI=1S/C26H25N3O3S.C2H6/c1-28-33-17-19(13-14-30)18-5-8-21(9-6-18)31-26-12-11-24-23(26)3-2-4-25(24)32-22-10-7-20(15-27)29-16-22;1-2/h2-10,14,16,19,26,28H,11-13,17H2,1H3;1-2H3. The average molecular weight is 490 g/mol. The molecule has 1 aromatic heterocycles. The smallest absolute Gasteiger partial charge is 0.145 e. The van der Waals surface area contributed by atoms with E-state index in [1.807, 2.05) is 63.4 Å². The van der Waals surface area contributed by atoms with E-state index in [2.05, 4.69) is 15.8 Å². The molecule has 0 fully saturated rings.